The van der Waals surface area contributed by atoms with Gasteiger partial charge in [0.15, 0.2) is 17.0 Å². The molecule has 0 spiro atoms. The van der Waals surface area contributed by atoms with E-state index in [4.69, 9.17) is 21.1 Å². The summed E-state index contributed by atoms with van der Waals surface area (Å²) < 4.78 is 12.8. The number of nitro benzene ring substituents is 1. The van der Waals surface area contributed by atoms with Crippen LogP contribution in [0.5, 0.6) is 0 Å². The summed E-state index contributed by atoms with van der Waals surface area (Å²) in [5.74, 6) is -0.598. The van der Waals surface area contributed by atoms with E-state index in [0.717, 1.165) is 0 Å². The molecule has 0 bridgehead atoms. The minimum atomic E-state index is -0.598. The molecule has 1 aliphatic heterocycles. The predicted molar refractivity (Wildman–Crippen MR) is 96.8 cm³/mol. The minimum absolute atomic E-state index is 0.100. The second kappa shape index (κ2) is 7.33. The van der Waals surface area contributed by atoms with Crippen molar-refractivity contribution in [2.75, 3.05) is 6.61 Å². The maximum Gasteiger partial charge on any atom is 0.338 e. The number of aromatic nitrogens is 4. The molecule has 1 aliphatic rings. The summed E-state index contributed by atoms with van der Waals surface area (Å²) in [6.45, 7) is 0.123. The molecule has 2 atom stereocenters. The van der Waals surface area contributed by atoms with Gasteiger partial charge in [0.2, 0.25) is 0 Å². The van der Waals surface area contributed by atoms with E-state index in [1.807, 2.05) is 0 Å². The van der Waals surface area contributed by atoms with E-state index in [9.17, 15) is 14.9 Å². The van der Waals surface area contributed by atoms with Gasteiger partial charge in [-0.05, 0) is 24.3 Å². The van der Waals surface area contributed by atoms with Crippen LogP contribution in [0.2, 0.25) is 5.15 Å². The average Bonchev–Trinajstić information content (AvgIpc) is 3.14. The second-order valence-electron chi connectivity index (χ2n) is 5.85. The van der Waals surface area contributed by atoms with Gasteiger partial charge in [-0.25, -0.2) is 19.7 Å². The quantitative estimate of drug-likeness (QED) is 0.215. The Morgan fingerprint density at radius 1 is 1.25 bits per heavy atom. The van der Waals surface area contributed by atoms with E-state index >= 15 is 0 Å². The number of ether oxygens (including phenoxy) is 2. The van der Waals surface area contributed by atoms with E-state index in [-0.39, 0.29) is 23.0 Å². The summed E-state index contributed by atoms with van der Waals surface area (Å²) in [5, 5.41) is 10.9. The highest BCUT2D eigenvalue weighted by molar-refractivity contribution is 6.33. The molecule has 1 aromatic carbocycles. The van der Waals surface area contributed by atoms with Gasteiger partial charge in [-0.1, -0.05) is 11.6 Å². The number of rotatable bonds is 4. The number of halogens is 1. The number of non-ortho nitro benzene ring substituents is 1. The zero-order chi connectivity index (χ0) is 19.7. The fourth-order valence-corrected chi connectivity index (χ4v) is 2.88. The number of esters is 1. The Morgan fingerprint density at radius 2 is 2.04 bits per heavy atom. The normalized spacial score (nSPS) is 18.9. The van der Waals surface area contributed by atoms with Crippen molar-refractivity contribution in [3.63, 3.8) is 0 Å². The van der Waals surface area contributed by atoms with E-state index in [2.05, 4.69) is 15.0 Å². The van der Waals surface area contributed by atoms with Gasteiger partial charge >= 0.3 is 5.97 Å². The third kappa shape index (κ3) is 3.42. The second-order valence-corrected chi connectivity index (χ2v) is 6.20. The molecule has 2 aromatic heterocycles. The van der Waals surface area contributed by atoms with Crippen molar-refractivity contribution in [3.8, 4) is 0 Å². The molecule has 28 heavy (non-hydrogen) atoms. The smallest absolute Gasteiger partial charge is 0.338 e. The molecule has 0 N–H and O–H groups in total. The van der Waals surface area contributed by atoms with Crippen LogP contribution in [-0.4, -0.2) is 43.1 Å². The molecule has 0 amide bonds. The van der Waals surface area contributed by atoms with E-state index in [1.165, 1.54) is 30.6 Å². The van der Waals surface area contributed by atoms with Crippen molar-refractivity contribution in [2.45, 2.75) is 12.3 Å². The molecule has 3 aromatic rings. The first-order chi connectivity index (χ1) is 13.5. The summed E-state index contributed by atoms with van der Waals surface area (Å²) in [6.07, 6.45) is 5.23. The number of imidazole rings is 1. The lowest BCUT2D eigenvalue weighted by Crippen LogP contribution is -2.27. The maximum absolute atomic E-state index is 12.2. The van der Waals surface area contributed by atoms with Crippen LogP contribution >= 0.6 is 11.6 Å². The lowest BCUT2D eigenvalue weighted by atomic mass is 10.2. The van der Waals surface area contributed by atoms with Crippen molar-refractivity contribution < 1.29 is 19.2 Å². The van der Waals surface area contributed by atoms with E-state index in [1.54, 1.807) is 23.0 Å². The summed E-state index contributed by atoms with van der Waals surface area (Å²) in [4.78, 5) is 34.5. The van der Waals surface area contributed by atoms with Gasteiger partial charge in [0, 0.05) is 12.1 Å². The Morgan fingerprint density at radius 3 is 2.71 bits per heavy atom. The van der Waals surface area contributed by atoms with Gasteiger partial charge in [0.05, 0.1) is 23.4 Å². The highest BCUT2D eigenvalue weighted by Crippen LogP contribution is 2.24. The molecule has 0 fully saturated rings. The third-order valence-corrected chi connectivity index (χ3v) is 4.36. The molecule has 10 nitrogen and oxygen atoms in total. The van der Waals surface area contributed by atoms with Gasteiger partial charge in [-0.15, -0.1) is 0 Å². The fourth-order valence-electron chi connectivity index (χ4n) is 2.70. The molecule has 0 unspecified atom stereocenters. The lowest BCUT2D eigenvalue weighted by Gasteiger charge is -2.24. The van der Waals surface area contributed by atoms with Crippen molar-refractivity contribution in [1.29, 1.82) is 0 Å². The highest BCUT2D eigenvalue weighted by atomic mass is 35.5. The molecule has 142 valence electrons. The molecule has 11 heteroatoms. The number of benzene rings is 1. The topological polar surface area (TPSA) is 122 Å². The van der Waals surface area contributed by atoms with Gasteiger partial charge in [0.25, 0.3) is 5.69 Å². The van der Waals surface area contributed by atoms with Crippen molar-refractivity contribution in [2.24, 2.45) is 0 Å². The summed E-state index contributed by atoms with van der Waals surface area (Å²) in [6, 6.07) is 5.18. The first-order valence-corrected chi connectivity index (χ1v) is 8.49. The van der Waals surface area contributed by atoms with Gasteiger partial charge < -0.3 is 9.47 Å². The Kier molecular flexibility index (Phi) is 4.72. The Hall–Kier alpha value is -3.37. The standard InChI is InChI=1S/C17H12ClN5O5/c18-15-14-16(20-8-19-15)22(9-21-14)13-6-5-12(7-27-13)28-17(24)10-1-3-11(4-2-10)23(25)26/h1-6,8-9,12-13H,7H2/t12-,13-/m0/s1. The number of nitrogens with zero attached hydrogens (tertiary/aromatic N) is 5. The number of hydrogen-bond acceptors (Lipinski definition) is 8. The van der Waals surface area contributed by atoms with Gasteiger partial charge in [-0.3, -0.25) is 14.7 Å². The molecule has 0 saturated heterocycles. The molecular formula is C17H12ClN5O5. The summed E-state index contributed by atoms with van der Waals surface area (Å²) in [5.41, 5.74) is 1.11. The molecule has 0 aliphatic carbocycles. The Balaban J connectivity index is 1.44. The number of nitro groups is 1. The van der Waals surface area contributed by atoms with Gasteiger partial charge in [-0.2, -0.15) is 0 Å². The molecule has 3 heterocycles. The van der Waals surface area contributed by atoms with Crippen molar-refractivity contribution in [3.05, 3.63) is 69.9 Å². The van der Waals surface area contributed by atoms with Crippen LogP contribution in [0, 0.1) is 10.1 Å². The van der Waals surface area contributed by atoms with Crippen LogP contribution in [0.3, 0.4) is 0 Å². The van der Waals surface area contributed by atoms with Crippen LogP contribution in [0.15, 0.2) is 49.1 Å². The third-order valence-electron chi connectivity index (χ3n) is 4.08. The molecular weight excluding hydrogens is 390 g/mol. The van der Waals surface area contributed by atoms with Crippen LogP contribution in [0.1, 0.15) is 16.6 Å². The van der Waals surface area contributed by atoms with Crippen LogP contribution in [0.25, 0.3) is 11.2 Å². The maximum atomic E-state index is 12.2. The number of hydrogen-bond donors (Lipinski definition) is 0. The predicted octanol–water partition coefficient (Wildman–Crippen LogP) is 2.70. The minimum Gasteiger partial charge on any atom is -0.452 e. The largest absolute Gasteiger partial charge is 0.452 e. The number of carbonyl (C=O) groups excluding carboxylic acids is 1. The van der Waals surface area contributed by atoms with Crippen LogP contribution in [-0.2, 0) is 9.47 Å². The lowest BCUT2D eigenvalue weighted by molar-refractivity contribution is -0.384. The van der Waals surface area contributed by atoms with Crippen LogP contribution < -0.4 is 0 Å². The van der Waals surface area contributed by atoms with Crippen LogP contribution in [0.4, 0.5) is 5.69 Å². The van der Waals surface area contributed by atoms with Gasteiger partial charge in [0.1, 0.15) is 17.9 Å². The Bertz CT molecular complexity index is 1080. The first kappa shape index (κ1) is 18.0. The zero-order valence-electron chi connectivity index (χ0n) is 14.1. The SMILES string of the molecule is O=C(O[C@H]1C=C[C@@H](n2cnc3c(Cl)ncnc32)OC1)c1ccc([N+](=O)[O-])cc1. The molecule has 0 saturated carbocycles. The summed E-state index contributed by atoms with van der Waals surface area (Å²) >= 11 is 5.99. The zero-order valence-corrected chi connectivity index (χ0v) is 14.9. The average molecular weight is 402 g/mol. The fraction of sp³-hybridized carbons (Fsp3) is 0.176. The summed E-state index contributed by atoms with van der Waals surface area (Å²) in [7, 11) is 0. The Labute approximate surface area is 162 Å². The van der Waals surface area contributed by atoms with E-state index < -0.39 is 23.2 Å². The first-order valence-electron chi connectivity index (χ1n) is 8.11. The number of fused-ring (bicyclic) bond motifs is 1. The molecule has 0 radical (unpaired) electrons. The highest BCUT2D eigenvalue weighted by Gasteiger charge is 2.23. The van der Waals surface area contributed by atoms with Crippen molar-refractivity contribution in [1.82, 2.24) is 19.5 Å². The van der Waals surface area contributed by atoms with E-state index in [0.29, 0.717) is 11.2 Å². The van der Waals surface area contributed by atoms with Crippen molar-refractivity contribution >= 4 is 34.4 Å². The monoisotopic (exact) mass is 401 g/mol. The number of carbonyl (C=O) groups is 1. The molecule has 4 rings (SSSR count).